The fourth-order valence-electron chi connectivity index (χ4n) is 2.55. The largest absolute Gasteiger partial charge is 0.357 e. The molecule has 0 aliphatic carbocycles. The highest BCUT2D eigenvalue weighted by molar-refractivity contribution is 14.0. The van der Waals surface area contributed by atoms with Crippen molar-refractivity contribution in [3.63, 3.8) is 0 Å². The molecule has 1 fully saturated rings. The molecule has 1 amide bonds. The van der Waals surface area contributed by atoms with Gasteiger partial charge in [0, 0.05) is 19.6 Å². The first kappa shape index (κ1) is 20.7. The zero-order valence-corrected chi connectivity index (χ0v) is 16.6. The van der Waals surface area contributed by atoms with Crippen molar-refractivity contribution in [1.82, 2.24) is 15.5 Å². The predicted octanol–water partition coefficient (Wildman–Crippen LogP) is 2.43. The summed E-state index contributed by atoms with van der Waals surface area (Å²) in [6, 6.07) is 4.97. The summed E-state index contributed by atoms with van der Waals surface area (Å²) in [5.74, 6) is 0.492. The first-order valence-corrected chi connectivity index (χ1v) is 8.15. The van der Waals surface area contributed by atoms with Gasteiger partial charge < -0.3 is 15.5 Å². The molecule has 1 aromatic rings. The number of amides is 1. The quantitative estimate of drug-likeness (QED) is 0.414. The third-order valence-electron chi connectivity index (χ3n) is 3.85. The second-order valence-corrected chi connectivity index (χ2v) is 5.72. The van der Waals surface area contributed by atoms with E-state index in [1.54, 1.807) is 19.1 Å². The lowest BCUT2D eigenvalue weighted by molar-refractivity contribution is -0.128. The van der Waals surface area contributed by atoms with E-state index in [0.717, 1.165) is 31.5 Å². The third kappa shape index (κ3) is 6.26. The van der Waals surface area contributed by atoms with E-state index in [1.807, 2.05) is 11.8 Å². The van der Waals surface area contributed by atoms with Gasteiger partial charge in [0.2, 0.25) is 5.91 Å². The Labute approximate surface area is 160 Å². The number of carbonyl (C=O) groups is 1. The van der Waals surface area contributed by atoms with Crippen LogP contribution >= 0.6 is 24.0 Å². The number of halogens is 2. The number of benzene rings is 1. The summed E-state index contributed by atoms with van der Waals surface area (Å²) >= 11 is 0. The number of hydrogen-bond acceptors (Lipinski definition) is 2. The monoisotopic (exact) mass is 448 g/mol. The molecule has 134 valence electrons. The molecule has 0 spiro atoms. The van der Waals surface area contributed by atoms with E-state index in [-0.39, 0.29) is 42.2 Å². The summed E-state index contributed by atoms with van der Waals surface area (Å²) < 4.78 is 13.3. The van der Waals surface area contributed by atoms with Crippen molar-refractivity contribution in [2.75, 3.05) is 26.2 Å². The fraction of sp³-hybridized carbons (Fsp3) is 0.529. The molecule has 1 heterocycles. The van der Waals surface area contributed by atoms with Gasteiger partial charge in [-0.15, -0.1) is 24.0 Å². The second-order valence-electron chi connectivity index (χ2n) is 5.72. The van der Waals surface area contributed by atoms with Crippen LogP contribution in [0.1, 0.15) is 30.9 Å². The van der Waals surface area contributed by atoms with Crippen molar-refractivity contribution in [3.8, 4) is 0 Å². The lowest BCUT2D eigenvalue weighted by atomic mass is 10.1. The van der Waals surface area contributed by atoms with Crippen LogP contribution in [0.25, 0.3) is 0 Å². The summed E-state index contributed by atoms with van der Waals surface area (Å²) in [6.45, 7) is 6.81. The molecule has 1 aromatic carbocycles. The number of hydrogen-bond donors (Lipinski definition) is 2. The maximum Gasteiger partial charge on any atom is 0.241 e. The fourth-order valence-corrected chi connectivity index (χ4v) is 2.55. The number of likely N-dealkylation sites (tertiary alicyclic amines) is 1. The minimum absolute atomic E-state index is 0. The normalized spacial score (nSPS) is 14.3. The molecule has 0 radical (unpaired) electrons. The van der Waals surface area contributed by atoms with E-state index >= 15 is 0 Å². The molecule has 1 aliphatic heterocycles. The van der Waals surface area contributed by atoms with E-state index in [2.05, 4.69) is 15.6 Å². The summed E-state index contributed by atoms with van der Waals surface area (Å²) in [4.78, 5) is 18.4. The molecule has 0 bridgehead atoms. The van der Waals surface area contributed by atoms with Gasteiger partial charge in [-0.3, -0.25) is 4.79 Å². The van der Waals surface area contributed by atoms with E-state index in [9.17, 15) is 9.18 Å². The average Bonchev–Trinajstić information content (AvgIpc) is 3.07. The Kier molecular flexibility index (Phi) is 9.02. The average molecular weight is 448 g/mol. The molecule has 5 nitrogen and oxygen atoms in total. The van der Waals surface area contributed by atoms with Crippen LogP contribution in [0.15, 0.2) is 23.2 Å². The Hall–Kier alpha value is -1.38. The number of carbonyl (C=O) groups excluding carboxylic acids is 1. The van der Waals surface area contributed by atoms with Gasteiger partial charge >= 0.3 is 0 Å². The first-order chi connectivity index (χ1) is 11.1. The van der Waals surface area contributed by atoms with Gasteiger partial charge in [-0.05, 0) is 43.9 Å². The Bertz CT molecular complexity index is 574. The van der Waals surface area contributed by atoms with Gasteiger partial charge in [0.15, 0.2) is 5.96 Å². The van der Waals surface area contributed by atoms with Gasteiger partial charge in [0.05, 0.1) is 13.1 Å². The zero-order chi connectivity index (χ0) is 16.7. The maximum absolute atomic E-state index is 13.3. The number of rotatable bonds is 5. The molecule has 2 N–H and O–H groups in total. The number of aryl methyl sites for hydroxylation is 1. The van der Waals surface area contributed by atoms with Crippen LogP contribution in [-0.4, -0.2) is 42.9 Å². The molecule has 0 unspecified atom stereocenters. The molecule has 24 heavy (non-hydrogen) atoms. The Morgan fingerprint density at radius 3 is 2.62 bits per heavy atom. The van der Waals surface area contributed by atoms with Gasteiger partial charge in [-0.2, -0.15) is 0 Å². The van der Waals surface area contributed by atoms with Crippen LogP contribution in [0.3, 0.4) is 0 Å². The topological polar surface area (TPSA) is 56.7 Å². The minimum atomic E-state index is -0.209. The van der Waals surface area contributed by atoms with Crippen LogP contribution < -0.4 is 10.6 Å². The molecule has 1 aliphatic rings. The molecule has 1 saturated heterocycles. The lowest BCUT2D eigenvalue weighted by Crippen LogP contribution is -2.44. The summed E-state index contributed by atoms with van der Waals surface area (Å²) in [5, 5.41) is 6.19. The Morgan fingerprint density at radius 2 is 2.00 bits per heavy atom. The third-order valence-corrected chi connectivity index (χ3v) is 3.85. The Balaban J connectivity index is 0.00000288. The summed E-state index contributed by atoms with van der Waals surface area (Å²) in [5.41, 5.74) is 1.55. The Morgan fingerprint density at radius 1 is 1.29 bits per heavy atom. The summed E-state index contributed by atoms with van der Waals surface area (Å²) in [6.07, 6.45) is 2.17. The molecular formula is C17H26FIN4O. The molecule has 2 rings (SSSR count). The number of guanidine groups is 1. The molecule has 0 saturated carbocycles. The van der Waals surface area contributed by atoms with Gasteiger partial charge in [0.1, 0.15) is 5.82 Å². The van der Waals surface area contributed by atoms with Crippen molar-refractivity contribution in [2.45, 2.75) is 33.2 Å². The highest BCUT2D eigenvalue weighted by Gasteiger charge is 2.17. The number of nitrogens with zero attached hydrogens (tertiary/aromatic N) is 2. The van der Waals surface area contributed by atoms with E-state index in [1.165, 1.54) is 6.07 Å². The van der Waals surface area contributed by atoms with Crippen molar-refractivity contribution >= 4 is 35.8 Å². The van der Waals surface area contributed by atoms with Crippen molar-refractivity contribution in [2.24, 2.45) is 4.99 Å². The summed E-state index contributed by atoms with van der Waals surface area (Å²) in [7, 11) is 0. The van der Waals surface area contributed by atoms with Crippen LogP contribution in [0.4, 0.5) is 4.39 Å². The zero-order valence-electron chi connectivity index (χ0n) is 14.3. The smallest absolute Gasteiger partial charge is 0.241 e. The lowest BCUT2D eigenvalue weighted by Gasteiger charge is -2.17. The predicted molar refractivity (Wildman–Crippen MR) is 105 cm³/mol. The van der Waals surface area contributed by atoms with Gasteiger partial charge in [-0.1, -0.05) is 12.1 Å². The van der Waals surface area contributed by atoms with E-state index in [4.69, 9.17) is 0 Å². The van der Waals surface area contributed by atoms with Gasteiger partial charge in [-0.25, -0.2) is 9.38 Å². The van der Waals surface area contributed by atoms with Crippen molar-refractivity contribution in [1.29, 1.82) is 0 Å². The van der Waals surface area contributed by atoms with Crippen LogP contribution in [0, 0.1) is 12.7 Å². The number of aliphatic imine (C=N–C) groups is 1. The van der Waals surface area contributed by atoms with E-state index < -0.39 is 0 Å². The standard InChI is InChI=1S/C17H25FN4O.HI/c1-3-19-17(21-12-16(23)22-8-4-5-9-22)20-11-14-6-7-15(18)13(2)10-14;/h6-7,10H,3-5,8-9,11-12H2,1-2H3,(H2,19,20,21);1H. The van der Waals surface area contributed by atoms with E-state index in [0.29, 0.717) is 24.6 Å². The van der Waals surface area contributed by atoms with Crippen molar-refractivity contribution < 1.29 is 9.18 Å². The highest BCUT2D eigenvalue weighted by Crippen LogP contribution is 2.10. The molecular weight excluding hydrogens is 422 g/mol. The molecule has 0 aromatic heterocycles. The van der Waals surface area contributed by atoms with Crippen LogP contribution in [0.5, 0.6) is 0 Å². The van der Waals surface area contributed by atoms with Crippen LogP contribution in [-0.2, 0) is 11.3 Å². The van der Waals surface area contributed by atoms with Crippen LogP contribution in [0.2, 0.25) is 0 Å². The van der Waals surface area contributed by atoms with Crippen molar-refractivity contribution in [3.05, 3.63) is 35.1 Å². The molecule has 0 atom stereocenters. The van der Waals surface area contributed by atoms with Gasteiger partial charge in [0.25, 0.3) is 0 Å². The SMILES string of the molecule is CCNC(=NCc1ccc(F)c(C)c1)NCC(=O)N1CCCC1.I. The highest BCUT2D eigenvalue weighted by atomic mass is 127. The first-order valence-electron chi connectivity index (χ1n) is 8.15. The molecule has 7 heteroatoms. The maximum atomic E-state index is 13.3. The second kappa shape index (κ2) is 10.5. The number of nitrogens with one attached hydrogen (secondary N) is 2. The minimum Gasteiger partial charge on any atom is -0.357 e.